The number of hydroxylamine groups is 1. The van der Waals surface area contributed by atoms with E-state index >= 15 is 0 Å². The summed E-state index contributed by atoms with van der Waals surface area (Å²) in [5.74, 6) is -3.71. The maximum atomic E-state index is 14.1. The van der Waals surface area contributed by atoms with E-state index in [9.17, 15) is 44.4 Å². The van der Waals surface area contributed by atoms with Crippen molar-refractivity contribution < 1.29 is 63.4 Å². The Morgan fingerprint density at radius 1 is 0.727 bits per heavy atom. The second kappa shape index (κ2) is 23.4. The standard InChI is InChI=1S/C61H63N3O13/c1-36-55(68)45(32-50(75-36)76-47-34-60(73,37(2)65)33-44-52(47)59(72)54-53(57(44)70)56(69)43-24-17-25-46(74-3)51(43)58(54)71)62-35-38-28-30-42(31-29-38)63-48(66)26-15-4-5-16-27-49(67)64-77-61(39-18-9-6-10-19-39,40-20-11-7-12-21-40)41-22-13-8-14-23-41/h6-14,17-25,28-31,36,45,47,50,55,62,68,70,72-73H,4-5,15-16,26-27,32-35H2,1-3H3,(H,63,66)(H,64,67)/t36-,45-,47-,50-,55+,60-/m0/s1. The van der Waals surface area contributed by atoms with Crippen LogP contribution < -0.4 is 20.9 Å². The number of unbranched alkanes of at least 4 members (excludes halogenated alkanes) is 3. The van der Waals surface area contributed by atoms with E-state index in [-0.39, 0.29) is 59.1 Å². The number of ketones is 3. The van der Waals surface area contributed by atoms with Crippen molar-refractivity contribution in [2.75, 3.05) is 12.4 Å². The zero-order valence-electron chi connectivity index (χ0n) is 43.1. The van der Waals surface area contributed by atoms with Gasteiger partial charge in [-0.05, 0) is 67.1 Å². The Labute approximate surface area is 446 Å². The first-order valence-electron chi connectivity index (χ1n) is 26.0. The van der Waals surface area contributed by atoms with Gasteiger partial charge in [0.15, 0.2) is 23.5 Å². The quantitative estimate of drug-likeness (QED) is 0.0165. The lowest BCUT2D eigenvalue weighted by Gasteiger charge is -2.43. The molecule has 2 amide bonds. The van der Waals surface area contributed by atoms with Gasteiger partial charge in [0, 0.05) is 67.1 Å². The fourth-order valence-electron chi connectivity index (χ4n) is 10.8. The largest absolute Gasteiger partial charge is 0.507 e. The molecular formula is C61H63N3O13. The minimum atomic E-state index is -2.08. The van der Waals surface area contributed by atoms with Gasteiger partial charge in [0.25, 0.3) is 0 Å². The molecule has 77 heavy (non-hydrogen) atoms. The number of anilines is 1. The highest BCUT2D eigenvalue weighted by molar-refractivity contribution is 6.31. The Balaban J connectivity index is 0.759. The average Bonchev–Trinajstić information content (AvgIpc) is 3.48. The van der Waals surface area contributed by atoms with E-state index in [4.69, 9.17) is 19.0 Å². The Morgan fingerprint density at radius 3 is 1.90 bits per heavy atom. The smallest absolute Gasteiger partial charge is 0.243 e. The van der Waals surface area contributed by atoms with Crippen LogP contribution in [0.2, 0.25) is 0 Å². The number of fused-ring (bicyclic) bond motifs is 3. The van der Waals surface area contributed by atoms with Crippen molar-refractivity contribution in [2.45, 2.75) is 120 Å². The summed E-state index contributed by atoms with van der Waals surface area (Å²) in [6, 6.07) is 40.5. The number of ether oxygens (including phenoxy) is 3. The second-order valence-corrected chi connectivity index (χ2v) is 20.0. The first kappa shape index (κ1) is 54.2. The summed E-state index contributed by atoms with van der Waals surface area (Å²) in [5.41, 5.74) is 2.47. The Kier molecular flexibility index (Phi) is 16.4. The molecule has 400 valence electrons. The second-order valence-electron chi connectivity index (χ2n) is 20.0. The van der Waals surface area contributed by atoms with E-state index in [1.165, 1.54) is 32.2 Å². The van der Waals surface area contributed by atoms with Crippen molar-refractivity contribution in [3.8, 4) is 17.2 Å². The SMILES string of the molecule is COc1cccc2c1C(=O)c1c(O)c3c(c(O)c1C2=O)C[C@@](O)(C(C)=O)C[C@@H]3O[C@H]1C[C@H](NCc2ccc(NC(=O)CCCCCCC(=O)NOC(c3ccccc3)(c3ccccc3)c3ccccc3)cc2)[C@H](O)[C@H](C)O1. The summed E-state index contributed by atoms with van der Waals surface area (Å²) in [4.78, 5) is 73.4. The number of nitrogens with one attached hydrogen (secondary N) is 3. The van der Waals surface area contributed by atoms with Crippen molar-refractivity contribution in [1.29, 1.82) is 0 Å². The number of phenolic OH excluding ortho intramolecular Hbond substituents is 2. The lowest BCUT2D eigenvalue weighted by molar-refractivity contribution is -0.249. The van der Waals surface area contributed by atoms with Gasteiger partial charge in [0.05, 0.1) is 42.1 Å². The van der Waals surface area contributed by atoms with Crippen LogP contribution in [-0.2, 0) is 47.3 Å². The lowest BCUT2D eigenvalue weighted by Crippen LogP contribution is -2.54. The van der Waals surface area contributed by atoms with Crippen LogP contribution in [-0.4, -0.2) is 86.8 Å². The Morgan fingerprint density at radius 2 is 1.31 bits per heavy atom. The van der Waals surface area contributed by atoms with Crippen LogP contribution in [0.3, 0.4) is 0 Å². The minimum Gasteiger partial charge on any atom is -0.507 e. The molecule has 6 atom stereocenters. The number of aliphatic hydroxyl groups excluding tert-OH is 1. The number of amides is 2. The predicted octanol–water partition coefficient (Wildman–Crippen LogP) is 8.18. The molecule has 1 heterocycles. The normalized spacial score (nSPS) is 20.8. The highest BCUT2D eigenvalue weighted by atomic mass is 16.7. The van der Waals surface area contributed by atoms with Crippen LogP contribution in [0.5, 0.6) is 17.2 Å². The fraction of sp³-hybridized carbons (Fsp3) is 0.328. The number of aliphatic hydroxyl groups is 2. The summed E-state index contributed by atoms with van der Waals surface area (Å²) < 4.78 is 17.9. The van der Waals surface area contributed by atoms with Gasteiger partial charge in [-0.15, -0.1) is 0 Å². The van der Waals surface area contributed by atoms with Gasteiger partial charge in [-0.2, -0.15) is 0 Å². The molecule has 2 aliphatic carbocycles. The molecular weight excluding hydrogens is 983 g/mol. The van der Waals surface area contributed by atoms with Crippen molar-refractivity contribution in [1.82, 2.24) is 10.8 Å². The van der Waals surface area contributed by atoms with Crippen molar-refractivity contribution in [3.63, 3.8) is 0 Å². The summed E-state index contributed by atoms with van der Waals surface area (Å²) in [6.07, 6.45) is -1.56. The molecule has 3 aliphatic rings. The maximum Gasteiger partial charge on any atom is 0.243 e. The molecule has 9 rings (SSSR count). The van der Waals surface area contributed by atoms with Gasteiger partial charge < -0.3 is 45.3 Å². The topological polar surface area (TPSA) is 239 Å². The van der Waals surface area contributed by atoms with Crippen molar-refractivity contribution in [3.05, 3.63) is 189 Å². The predicted molar refractivity (Wildman–Crippen MR) is 284 cm³/mol. The van der Waals surface area contributed by atoms with Crippen LogP contribution in [0.1, 0.15) is 137 Å². The maximum absolute atomic E-state index is 14.1. The third kappa shape index (κ3) is 11.2. The molecule has 1 fully saturated rings. The molecule has 0 unspecified atom stereocenters. The van der Waals surface area contributed by atoms with E-state index in [1.54, 1.807) is 19.1 Å². The number of Topliss-reactive ketones (excluding diaryl/α,β-unsaturated/α-hetero) is 1. The molecule has 0 bridgehead atoms. The molecule has 6 aromatic carbocycles. The molecule has 16 heteroatoms. The Bertz CT molecular complexity index is 3040. The number of methoxy groups -OCH3 is 1. The van der Waals surface area contributed by atoms with Gasteiger partial charge in [-0.3, -0.25) is 28.8 Å². The van der Waals surface area contributed by atoms with Gasteiger partial charge >= 0.3 is 0 Å². The number of aromatic hydroxyl groups is 2. The van der Waals surface area contributed by atoms with Crippen molar-refractivity contribution in [2.24, 2.45) is 0 Å². The molecule has 1 aliphatic heterocycles. The van der Waals surface area contributed by atoms with E-state index in [1.807, 2.05) is 103 Å². The zero-order valence-corrected chi connectivity index (χ0v) is 43.1. The van der Waals surface area contributed by atoms with Gasteiger partial charge in [-0.25, -0.2) is 5.48 Å². The fourth-order valence-corrected chi connectivity index (χ4v) is 10.8. The monoisotopic (exact) mass is 1050 g/mol. The number of carbonyl (C=O) groups is 5. The van der Waals surface area contributed by atoms with E-state index < -0.39 is 88.2 Å². The van der Waals surface area contributed by atoms with E-state index in [0.717, 1.165) is 35.1 Å². The van der Waals surface area contributed by atoms with Crippen LogP contribution in [0.25, 0.3) is 0 Å². The molecule has 0 saturated carbocycles. The molecule has 0 spiro atoms. The van der Waals surface area contributed by atoms with Gasteiger partial charge in [0.1, 0.15) is 22.8 Å². The summed E-state index contributed by atoms with van der Waals surface area (Å²) in [5, 5.41) is 52.8. The molecule has 7 N–H and O–H groups in total. The van der Waals surface area contributed by atoms with E-state index in [2.05, 4.69) is 16.1 Å². The van der Waals surface area contributed by atoms with Crippen molar-refractivity contribution >= 4 is 34.9 Å². The summed E-state index contributed by atoms with van der Waals surface area (Å²) in [6.45, 7) is 3.16. The third-order valence-electron chi connectivity index (χ3n) is 15.0. The third-order valence-corrected chi connectivity index (χ3v) is 15.0. The minimum absolute atomic E-state index is 0.0381. The van der Waals surface area contributed by atoms with E-state index in [0.29, 0.717) is 31.5 Å². The molecule has 0 radical (unpaired) electrons. The average molecular weight is 1050 g/mol. The lowest BCUT2D eigenvalue weighted by atomic mass is 9.72. The number of rotatable bonds is 20. The van der Waals surface area contributed by atoms with Gasteiger partial charge in [-0.1, -0.05) is 128 Å². The van der Waals surface area contributed by atoms with Crippen LogP contribution in [0.15, 0.2) is 133 Å². The van der Waals surface area contributed by atoms with Crippen LogP contribution in [0.4, 0.5) is 5.69 Å². The molecule has 6 aromatic rings. The zero-order chi connectivity index (χ0) is 54.4. The number of carbonyl (C=O) groups excluding carboxylic acids is 5. The van der Waals surface area contributed by atoms with Crippen LogP contribution >= 0.6 is 0 Å². The first-order chi connectivity index (χ1) is 37.1. The highest BCUT2D eigenvalue weighted by Gasteiger charge is 2.50. The molecule has 0 aromatic heterocycles. The Hall–Kier alpha value is -7.57. The van der Waals surface area contributed by atoms with Gasteiger partial charge in [0.2, 0.25) is 17.6 Å². The number of benzene rings is 6. The number of hydrogen-bond donors (Lipinski definition) is 7. The molecule has 1 saturated heterocycles. The van der Waals surface area contributed by atoms with Crippen LogP contribution in [0, 0.1) is 0 Å². The summed E-state index contributed by atoms with van der Waals surface area (Å²) in [7, 11) is 1.34. The number of phenols is 2. The molecule has 16 nitrogen and oxygen atoms in total. The number of hydrogen-bond acceptors (Lipinski definition) is 14. The first-order valence-corrected chi connectivity index (χ1v) is 26.0. The summed E-state index contributed by atoms with van der Waals surface area (Å²) >= 11 is 0. The highest BCUT2D eigenvalue weighted by Crippen LogP contribution is 2.53.